The van der Waals surface area contributed by atoms with Crippen LogP contribution in [0, 0.1) is 25.6 Å². The second-order valence-electron chi connectivity index (χ2n) is 7.57. The van der Waals surface area contributed by atoms with Crippen molar-refractivity contribution in [3.8, 4) is 0 Å². The van der Waals surface area contributed by atoms with Crippen LogP contribution in [0.3, 0.4) is 0 Å². The Morgan fingerprint density at radius 1 is 1.20 bits per heavy atom. The van der Waals surface area contributed by atoms with Crippen LogP contribution in [0.5, 0.6) is 0 Å². The molecule has 1 aliphatic rings. The third-order valence-electron chi connectivity index (χ3n) is 5.31. The molecule has 6 nitrogen and oxygen atoms in total. The molecule has 0 saturated carbocycles. The molecule has 1 N–H and O–H groups in total. The Hall–Kier alpha value is -2.36. The normalized spacial score (nSPS) is 16.1. The van der Waals surface area contributed by atoms with E-state index in [2.05, 4.69) is 16.4 Å². The van der Waals surface area contributed by atoms with Crippen LogP contribution in [-0.4, -0.2) is 36.7 Å². The number of thiazole rings is 1. The molecule has 1 aromatic heterocycles. The lowest BCUT2D eigenvalue weighted by Gasteiger charge is -2.30. The van der Waals surface area contributed by atoms with Gasteiger partial charge in [0.25, 0.3) is 0 Å². The number of halogens is 1. The Balaban J connectivity index is 1.42. The number of aromatic nitrogens is 1. The van der Waals surface area contributed by atoms with Crippen LogP contribution in [0.4, 0.5) is 9.52 Å². The van der Waals surface area contributed by atoms with Crippen LogP contribution >= 0.6 is 11.3 Å². The minimum atomic E-state index is -3.77. The first kappa shape index (κ1) is 20.9. The highest BCUT2D eigenvalue weighted by molar-refractivity contribution is 7.89. The molecule has 158 valence electrons. The van der Waals surface area contributed by atoms with Gasteiger partial charge in [0.2, 0.25) is 15.9 Å². The lowest BCUT2D eigenvalue weighted by Crippen LogP contribution is -2.41. The van der Waals surface area contributed by atoms with Crippen LogP contribution in [0.1, 0.15) is 24.0 Å². The van der Waals surface area contributed by atoms with Gasteiger partial charge in [-0.1, -0.05) is 23.5 Å². The first-order valence-electron chi connectivity index (χ1n) is 9.68. The molecule has 9 heteroatoms. The number of anilines is 1. The minimum Gasteiger partial charge on any atom is -0.302 e. The predicted molar refractivity (Wildman–Crippen MR) is 116 cm³/mol. The van der Waals surface area contributed by atoms with Gasteiger partial charge in [0.15, 0.2) is 5.13 Å². The highest BCUT2D eigenvalue weighted by atomic mass is 32.2. The lowest BCUT2D eigenvalue weighted by molar-refractivity contribution is -0.120. The van der Waals surface area contributed by atoms with Crippen molar-refractivity contribution >= 4 is 42.6 Å². The topological polar surface area (TPSA) is 79.4 Å². The molecular weight excluding hydrogens is 425 g/mol. The molecule has 1 amide bonds. The highest BCUT2D eigenvalue weighted by Crippen LogP contribution is 2.31. The molecule has 1 saturated heterocycles. The lowest BCUT2D eigenvalue weighted by atomic mass is 9.97. The molecule has 0 unspecified atom stereocenters. The molecule has 0 atom stereocenters. The standard InChI is InChI=1S/C21H22FN3O3S2/c1-13-10-14(2)19-18(11-13)23-21(29-19)24-20(26)15-6-8-25(9-7-15)30(27,28)17-5-3-4-16(22)12-17/h3-5,10-12,15H,6-9H2,1-2H3,(H,23,24,26). The zero-order valence-electron chi connectivity index (χ0n) is 16.7. The summed E-state index contributed by atoms with van der Waals surface area (Å²) in [6.45, 7) is 4.47. The van der Waals surface area contributed by atoms with Gasteiger partial charge in [-0.05, 0) is 62.1 Å². The van der Waals surface area contributed by atoms with Crippen molar-refractivity contribution in [2.75, 3.05) is 18.4 Å². The molecule has 30 heavy (non-hydrogen) atoms. The van der Waals surface area contributed by atoms with Gasteiger partial charge in [0, 0.05) is 19.0 Å². The van der Waals surface area contributed by atoms with E-state index in [1.54, 1.807) is 0 Å². The zero-order valence-corrected chi connectivity index (χ0v) is 18.3. The molecule has 0 bridgehead atoms. The Morgan fingerprint density at radius 2 is 1.93 bits per heavy atom. The van der Waals surface area contributed by atoms with Gasteiger partial charge in [-0.15, -0.1) is 0 Å². The summed E-state index contributed by atoms with van der Waals surface area (Å²) < 4.78 is 41.2. The molecular formula is C21H22FN3O3S2. The number of piperidine rings is 1. The fourth-order valence-electron chi connectivity index (χ4n) is 3.77. The first-order chi connectivity index (χ1) is 14.2. The third kappa shape index (κ3) is 4.10. The number of carbonyl (C=O) groups is 1. The van der Waals surface area contributed by atoms with Gasteiger partial charge in [0.1, 0.15) is 5.82 Å². The van der Waals surface area contributed by atoms with E-state index in [-0.39, 0.29) is 29.8 Å². The summed E-state index contributed by atoms with van der Waals surface area (Å²) in [6, 6.07) is 9.06. The Bertz CT molecular complexity index is 1220. The SMILES string of the molecule is Cc1cc(C)c2sc(NC(=O)C3CCN(S(=O)(=O)c4cccc(F)c4)CC3)nc2c1. The summed E-state index contributed by atoms with van der Waals surface area (Å²) in [5.74, 6) is -1.03. The van der Waals surface area contributed by atoms with Crippen LogP contribution in [0.2, 0.25) is 0 Å². The number of hydrogen-bond acceptors (Lipinski definition) is 5. The Morgan fingerprint density at radius 3 is 2.63 bits per heavy atom. The van der Waals surface area contributed by atoms with Crippen molar-refractivity contribution in [1.29, 1.82) is 0 Å². The number of fused-ring (bicyclic) bond motifs is 1. The van der Waals surface area contributed by atoms with Crippen LogP contribution in [0.15, 0.2) is 41.3 Å². The van der Waals surface area contributed by atoms with E-state index in [0.717, 1.165) is 27.4 Å². The molecule has 2 heterocycles. The smallest absolute Gasteiger partial charge is 0.243 e. The van der Waals surface area contributed by atoms with Gasteiger partial charge in [0.05, 0.1) is 15.1 Å². The second kappa shape index (κ2) is 8.05. The monoisotopic (exact) mass is 447 g/mol. The zero-order chi connectivity index (χ0) is 21.5. The Kier molecular flexibility index (Phi) is 5.61. The van der Waals surface area contributed by atoms with Crippen molar-refractivity contribution in [2.24, 2.45) is 5.92 Å². The third-order valence-corrected chi connectivity index (χ3v) is 8.33. The fraction of sp³-hybridized carbons (Fsp3) is 0.333. The number of rotatable bonds is 4. The molecule has 3 aromatic rings. The predicted octanol–water partition coefficient (Wildman–Crippen LogP) is 4.09. The maximum atomic E-state index is 13.4. The summed E-state index contributed by atoms with van der Waals surface area (Å²) >= 11 is 1.44. The van der Waals surface area contributed by atoms with E-state index in [0.29, 0.717) is 18.0 Å². The quantitative estimate of drug-likeness (QED) is 0.653. The number of carbonyl (C=O) groups excluding carboxylic acids is 1. The number of hydrogen-bond donors (Lipinski definition) is 1. The van der Waals surface area contributed by atoms with Crippen LogP contribution < -0.4 is 5.32 Å². The molecule has 0 aliphatic carbocycles. The molecule has 1 aliphatic heterocycles. The Labute approximate surface area is 178 Å². The van der Waals surface area contributed by atoms with E-state index in [9.17, 15) is 17.6 Å². The largest absolute Gasteiger partial charge is 0.302 e. The average Bonchev–Trinajstić information content (AvgIpc) is 3.10. The number of sulfonamides is 1. The van der Waals surface area contributed by atoms with E-state index in [1.807, 2.05) is 19.9 Å². The van der Waals surface area contributed by atoms with Crippen molar-refractivity contribution in [3.05, 3.63) is 53.3 Å². The summed E-state index contributed by atoms with van der Waals surface area (Å²) in [7, 11) is -3.77. The summed E-state index contributed by atoms with van der Waals surface area (Å²) in [5.41, 5.74) is 3.11. The van der Waals surface area contributed by atoms with Gasteiger partial charge in [-0.25, -0.2) is 17.8 Å². The summed E-state index contributed by atoms with van der Waals surface area (Å²) in [4.78, 5) is 17.2. The van der Waals surface area contributed by atoms with Gasteiger partial charge >= 0.3 is 0 Å². The van der Waals surface area contributed by atoms with Crippen LogP contribution in [0.25, 0.3) is 10.2 Å². The second-order valence-corrected chi connectivity index (χ2v) is 10.5. The van der Waals surface area contributed by atoms with E-state index < -0.39 is 15.8 Å². The summed E-state index contributed by atoms with van der Waals surface area (Å²) in [6.07, 6.45) is 0.812. The molecule has 2 aromatic carbocycles. The number of amides is 1. The summed E-state index contributed by atoms with van der Waals surface area (Å²) in [5, 5.41) is 3.45. The average molecular weight is 448 g/mol. The van der Waals surface area contributed by atoms with Crippen molar-refractivity contribution in [3.63, 3.8) is 0 Å². The number of benzene rings is 2. The van der Waals surface area contributed by atoms with Crippen molar-refractivity contribution in [2.45, 2.75) is 31.6 Å². The van der Waals surface area contributed by atoms with E-state index >= 15 is 0 Å². The number of nitrogens with zero attached hydrogens (tertiary/aromatic N) is 2. The number of aryl methyl sites for hydroxylation is 2. The van der Waals surface area contributed by atoms with Gasteiger partial charge < -0.3 is 5.32 Å². The van der Waals surface area contributed by atoms with Crippen molar-refractivity contribution < 1.29 is 17.6 Å². The van der Waals surface area contributed by atoms with Gasteiger partial charge in [-0.2, -0.15) is 4.31 Å². The maximum absolute atomic E-state index is 13.4. The fourth-order valence-corrected chi connectivity index (χ4v) is 6.19. The maximum Gasteiger partial charge on any atom is 0.243 e. The molecule has 1 fully saturated rings. The van der Waals surface area contributed by atoms with E-state index in [4.69, 9.17) is 0 Å². The van der Waals surface area contributed by atoms with Crippen molar-refractivity contribution in [1.82, 2.24) is 9.29 Å². The number of nitrogens with one attached hydrogen (secondary N) is 1. The molecule has 0 spiro atoms. The molecule has 0 radical (unpaired) electrons. The highest BCUT2D eigenvalue weighted by Gasteiger charge is 2.32. The minimum absolute atomic E-state index is 0.0643. The molecule has 4 rings (SSSR count). The van der Waals surface area contributed by atoms with E-state index in [1.165, 1.54) is 33.8 Å². The first-order valence-corrected chi connectivity index (χ1v) is 11.9. The van der Waals surface area contributed by atoms with Crippen LogP contribution in [-0.2, 0) is 14.8 Å². The van der Waals surface area contributed by atoms with Gasteiger partial charge in [-0.3, -0.25) is 4.79 Å².